The highest BCUT2D eigenvalue weighted by atomic mass is 35.5. The number of carbonyl (C=O) groups is 2. The predicted octanol–water partition coefficient (Wildman–Crippen LogP) is 4.33. The Morgan fingerprint density at radius 2 is 1.66 bits per heavy atom. The van der Waals surface area contributed by atoms with Gasteiger partial charge in [0.15, 0.2) is 0 Å². The van der Waals surface area contributed by atoms with Crippen molar-refractivity contribution in [2.45, 2.75) is 64.0 Å². The lowest BCUT2D eigenvalue weighted by Crippen LogP contribution is -2.55. The second-order valence-electron chi connectivity index (χ2n) is 14.5. The number of hydrogen-bond acceptors (Lipinski definition) is 7. The van der Waals surface area contributed by atoms with E-state index in [0.717, 1.165) is 65.7 Å². The third-order valence-electron chi connectivity index (χ3n) is 11.4. The van der Waals surface area contributed by atoms with Crippen LogP contribution in [0.1, 0.15) is 56.2 Å². The van der Waals surface area contributed by atoms with Gasteiger partial charge in [-0.05, 0) is 81.9 Å². The smallest absolute Gasteiger partial charge is 0.326 e. The summed E-state index contributed by atoms with van der Waals surface area (Å²) < 4.78 is 1.81. The molecule has 2 aromatic carbocycles. The van der Waals surface area contributed by atoms with Crippen LogP contribution in [0.15, 0.2) is 47.4 Å². The van der Waals surface area contributed by atoms with Crippen LogP contribution in [0.4, 0.5) is 5.69 Å². The summed E-state index contributed by atoms with van der Waals surface area (Å²) in [5.74, 6) is -0.495. The number of aromatic nitrogens is 3. The Kier molecular flexibility index (Phi) is 10.2. The number of H-pyrrole nitrogens is 1. The van der Waals surface area contributed by atoms with Crippen molar-refractivity contribution in [3.8, 4) is 0 Å². The summed E-state index contributed by atoms with van der Waals surface area (Å²) in [5.41, 5.74) is 11.0. The van der Waals surface area contributed by atoms with Gasteiger partial charge in [-0.3, -0.25) is 24.0 Å². The summed E-state index contributed by atoms with van der Waals surface area (Å²) in [6.45, 7) is 8.38. The average molecular weight is 701 g/mol. The molecular formula is C38H49ClN8O3. The quantitative estimate of drug-likeness (QED) is 0.263. The number of nitrogen functional groups attached to an aromatic ring is 1. The van der Waals surface area contributed by atoms with Gasteiger partial charge in [0.1, 0.15) is 0 Å². The maximum absolute atomic E-state index is 14.2. The number of nitrogens with zero attached hydrogens (tertiary/aromatic N) is 6. The maximum Gasteiger partial charge on any atom is 0.326 e. The number of aromatic amines is 1. The Bertz CT molecular complexity index is 1920. The number of para-hydroxylation sites is 1. The highest BCUT2D eigenvalue weighted by Gasteiger charge is 2.34. The molecule has 12 heteroatoms. The molecule has 0 spiro atoms. The monoisotopic (exact) mass is 700 g/mol. The molecule has 1 atom stereocenters. The van der Waals surface area contributed by atoms with Crippen LogP contribution < -0.4 is 11.4 Å². The highest BCUT2D eigenvalue weighted by Crippen LogP contribution is 2.31. The zero-order valence-electron chi connectivity index (χ0n) is 29.2. The number of rotatable bonds is 8. The molecule has 50 heavy (non-hydrogen) atoms. The van der Waals surface area contributed by atoms with Gasteiger partial charge in [-0.25, -0.2) is 4.79 Å². The van der Waals surface area contributed by atoms with E-state index in [2.05, 4.69) is 26.8 Å². The molecule has 4 aromatic rings. The van der Waals surface area contributed by atoms with Crippen LogP contribution in [0.25, 0.3) is 21.9 Å². The van der Waals surface area contributed by atoms with Crippen molar-refractivity contribution < 1.29 is 9.59 Å². The lowest BCUT2D eigenvalue weighted by molar-refractivity contribution is -0.143. The molecule has 0 radical (unpaired) electrons. The molecule has 0 saturated carbocycles. The van der Waals surface area contributed by atoms with Crippen LogP contribution in [0.2, 0.25) is 5.02 Å². The summed E-state index contributed by atoms with van der Waals surface area (Å²) in [6, 6.07) is 12.2. The minimum Gasteiger partial charge on any atom is -0.397 e. The van der Waals surface area contributed by atoms with Crippen LogP contribution in [-0.2, 0) is 22.4 Å². The number of piperazine rings is 1. The summed E-state index contributed by atoms with van der Waals surface area (Å²) in [7, 11) is 2.18. The minimum atomic E-state index is -0.505. The van der Waals surface area contributed by atoms with Gasteiger partial charge in [0, 0.05) is 63.2 Å². The van der Waals surface area contributed by atoms with Crippen molar-refractivity contribution in [3.63, 3.8) is 0 Å². The van der Waals surface area contributed by atoms with E-state index in [9.17, 15) is 14.4 Å². The molecule has 3 N–H and O–H groups in total. The maximum atomic E-state index is 14.2. The topological polar surface area (TPSA) is 124 Å². The number of amides is 2. The molecule has 2 amide bonds. The first-order chi connectivity index (χ1) is 24.2. The number of carbonyl (C=O) groups excluding carboxylic acids is 2. The lowest BCUT2D eigenvalue weighted by atomic mass is 9.91. The van der Waals surface area contributed by atoms with Crippen molar-refractivity contribution in [3.05, 3.63) is 69.2 Å². The zero-order valence-corrected chi connectivity index (χ0v) is 30.0. The molecule has 2 aromatic heterocycles. The van der Waals surface area contributed by atoms with Crippen LogP contribution in [0.5, 0.6) is 0 Å². The van der Waals surface area contributed by atoms with E-state index in [1.165, 1.54) is 12.8 Å². The lowest BCUT2D eigenvalue weighted by Gasteiger charge is -2.43. The van der Waals surface area contributed by atoms with E-state index in [4.69, 9.17) is 17.3 Å². The largest absolute Gasteiger partial charge is 0.397 e. The molecule has 0 bridgehead atoms. The van der Waals surface area contributed by atoms with Gasteiger partial charge >= 0.3 is 5.69 Å². The second kappa shape index (κ2) is 14.7. The molecule has 3 aliphatic heterocycles. The molecule has 0 unspecified atom stereocenters. The number of halogens is 1. The Balaban J connectivity index is 1.04. The number of pyridine rings is 1. The van der Waals surface area contributed by atoms with Crippen LogP contribution >= 0.6 is 11.6 Å². The molecular weight excluding hydrogens is 652 g/mol. The van der Waals surface area contributed by atoms with Crippen molar-refractivity contribution in [2.75, 3.05) is 65.1 Å². The number of likely N-dealkylation sites (tertiary alicyclic amines) is 2. The number of nitrogens with two attached hydrogens (primary N) is 1. The average Bonchev–Trinajstić information content (AvgIpc) is 3.49. The highest BCUT2D eigenvalue weighted by molar-refractivity contribution is 6.33. The summed E-state index contributed by atoms with van der Waals surface area (Å²) in [6.07, 6.45) is 6.69. The summed E-state index contributed by atoms with van der Waals surface area (Å²) >= 11 is 6.53. The first kappa shape index (κ1) is 34.5. The van der Waals surface area contributed by atoms with Gasteiger partial charge in [0.2, 0.25) is 11.8 Å². The summed E-state index contributed by atoms with van der Waals surface area (Å²) in [4.78, 5) is 57.8. The third-order valence-corrected chi connectivity index (χ3v) is 11.7. The zero-order chi connectivity index (χ0) is 34.9. The van der Waals surface area contributed by atoms with Gasteiger partial charge in [0.25, 0.3) is 0 Å². The predicted molar refractivity (Wildman–Crippen MR) is 198 cm³/mol. The molecule has 0 aliphatic carbocycles. The second-order valence-corrected chi connectivity index (χ2v) is 14.9. The van der Waals surface area contributed by atoms with Crippen LogP contribution in [0.3, 0.4) is 0 Å². The van der Waals surface area contributed by atoms with E-state index in [1.54, 1.807) is 6.20 Å². The summed E-state index contributed by atoms with van der Waals surface area (Å²) in [5, 5.41) is 1.40. The number of imidazole rings is 1. The standard InChI is InChI=1S/C38H49ClN8O3/c1-3-26-20-25(22-31(39)35(26)40)21-27(37(49)46-18-16-44(17-19-46)28-8-12-43(2)13-9-28)23-34(48)45-14-10-29(11-15-45)47-33-24-41-32-7-5-4-6-30(32)36(33)42-38(47)50/h4-7,20,22,24,27-29H,3,8-19,21,23,40H2,1-2H3,(H,42,50)/t27-/m0/s1. The van der Waals surface area contributed by atoms with Crippen molar-refractivity contribution in [1.29, 1.82) is 0 Å². The van der Waals surface area contributed by atoms with Gasteiger partial charge < -0.3 is 25.4 Å². The third kappa shape index (κ3) is 7.00. The molecule has 3 fully saturated rings. The van der Waals surface area contributed by atoms with Crippen LogP contribution in [-0.4, -0.2) is 111 Å². The first-order valence-corrected chi connectivity index (χ1v) is 18.6. The number of anilines is 1. The number of hydrogen-bond donors (Lipinski definition) is 2. The number of benzene rings is 2. The molecule has 3 aliphatic rings. The van der Waals surface area contributed by atoms with Crippen molar-refractivity contribution in [2.24, 2.45) is 5.92 Å². The molecule has 7 rings (SSSR count). The van der Waals surface area contributed by atoms with Crippen LogP contribution in [0, 0.1) is 5.92 Å². The number of piperidine rings is 2. The fraction of sp³-hybridized carbons (Fsp3) is 0.526. The minimum absolute atomic E-state index is 0.0250. The Morgan fingerprint density at radius 3 is 2.38 bits per heavy atom. The van der Waals surface area contributed by atoms with E-state index < -0.39 is 5.92 Å². The molecule has 11 nitrogen and oxygen atoms in total. The van der Waals surface area contributed by atoms with Crippen molar-refractivity contribution >= 4 is 51.0 Å². The SMILES string of the molecule is CCc1cc(C[C@@H](CC(=O)N2CCC(n3c(=O)[nH]c4c5ccccc5ncc43)CC2)C(=O)N2CCN(C3CCN(C)CC3)CC2)cc(Cl)c1N. The van der Waals surface area contributed by atoms with Gasteiger partial charge in [0.05, 0.1) is 39.4 Å². The fourth-order valence-corrected chi connectivity index (χ4v) is 8.66. The molecule has 5 heterocycles. The van der Waals surface area contributed by atoms with E-state index in [0.29, 0.717) is 62.2 Å². The van der Waals surface area contributed by atoms with Crippen molar-refractivity contribution in [1.82, 2.24) is 34.1 Å². The number of nitrogens with one attached hydrogen (secondary N) is 1. The Labute approximate surface area is 298 Å². The van der Waals surface area contributed by atoms with E-state index in [1.807, 2.05) is 57.7 Å². The number of fused-ring (bicyclic) bond motifs is 3. The van der Waals surface area contributed by atoms with E-state index in [-0.39, 0.29) is 30.0 Å². The van der Waals surface area contributed by atoms with Gasteiger partial charge in [-0.1, -0.05) is 42.8 Å². The number of aryl methyl sites for hydroxylation is 1. The Morgan fingerprint density at radius 1 is 0.960 bits per heavy atom. The fourth-order valence-electron chi connectivity index (χ4n) is 8.40. The Hall–Kier alpha value is -3.93. The first-order valence-electron chi connectivity index (χ1n) is 18.2. The normalized spacial score (nSPS) is 19.4. The van der Waals surface area contributed by atoms with Gasteiger partial charge in [-0.2, -0.15) is 0 Å². The van der Waals surface area contributed by atoms with Gasteiger partial charge in [-0.15, -0.1) is 0 Å². The molecule has 3 saturated heterocycles. The van der Waals surface area contributed by atoms with E-state index >= 15 is 0 Å². The molecule has 266 valence electrons.